The molecule has 0 saturated carbocycles. The molecule has 148 valence electrons. The van der Waals surface area contributed by atoms with Gasteiger partial charge in [-0.05, 0) is 42.0 Å². The normalized spacial score (nSPS) is 10.4. The third kappa shape index (κ3) is 4.27. The van der Waals surface area contributed by atoms with E-state index >= 15 is 0 Å². The summed E-state index contributed by atoms with van der Waals surface area (Å²) in [6.07, 6.45) is 8.72. The molecule has 2 heterocycles. The molecule has 0 aliphatic heterocycles. The average Bonchev–Trinajstić information content (AvgIpc) is 2.79. The van der Waals surface area contributed by atoms with Gasteiger partial charge in [0, 0.05) is 23.2 Å². The number of anilines is 3. The summed E-state index contributed by atoms with van der Waals surface area (Å²) in [5.41, 5.74) is 3.25. The number of halogens is 1. The van der Waals surface area contributed by atoms with E-state index in [4.69, 9.17) is 22.8 Å². The molecule has 4 rings (SSSR count). The number of methoxy groups -OCH3 is 1. The highest BCUT2D eigenvalue weighted by molar-refractivity contribution is 6.31. The molecule has 4 aromatic rings. The molecule has 2 aromatic carbocycles. The standard InChI is InChI=1S/C23H18ClN5O/c1-3-16-10-17(6-9-20(16)24)29-23-19-11-22(26-13-21(19)27-14-28-23)25-12-15-4-7-18(30-2)8-5-15/h1,4-11,13-14H,12H2,2H3,(H,25,26)(H,27,28,29). The van der Waals surface area contributed by atoms with E-state index in [2.05, 4.69) is 31.5 Å². The smallest absolute Gasteiger partial charge is 0.141 e. The summed E-state index contributed by atoms with van der Waals surface area (Å²) in [7, 11) is 1.65. The molecular weight excluding hydrogens is 398 g/mol. The van der Waals surface area contributed by atoms with Crippen LogP contribution in [0, 0.1) is 12.3 Å². The van der Waals surface area contributed by atoms with Crippen molar-refractivity contribution in [3.8, 4) is 18.1 Å². The van der Waals surface area contributed by atoms with Crippen molar-refractivity contribution in [2.24, 2.45) is 0 Å². The number of nitrogens with one attached hydrogen (secondary N) is 2. The summed E-state index contributed by atoms with van der Waals surface area (Å²) in [6, 6.07) is 15.2. The van der Waals surface area contributed by atoms with Crippen molar-refractivity contribution in [2.45, 2.75) is 6.54 Å². The van der Waals surface area contributed by atoms with Gasteiger partial charge in [0.2, 0.25) is 0 Å². The molecule has 0 atom stereocenters. The number of ether oxygens (including phenoxy) is 1. The zero-order valence-corrected chi connectivity index (χ0v) is 16.9. The maximum absolute atomic E-state index is 6.10. The second kappa shape index (κ2) is 8.68. The first kappa shape index (κ1) is 19.5. The third-order valence-corrected chi connectivity index (χ3v) is 4.87. The highest BCUT2D eigenvalue weighted by atomic mass is 35.5. The topological polar surface area (TPSA) is 72.0 Å². The minimum absolute atomic E-state index is 0.532. The Balaban J connectivity index is 1.58. The predicted molar refractivity (Wildman–Crippen MR) is 120 cm³/mol. The Morgan fingerprint density at radius 1 is 1.07 bits per heavy atom. The van der Waals surface area contributed by atoms with Gasteiger partial charge in [0.1, 0.15) is 23.7 Å². The first-order valence-corrected chi connectivity index (χ1v) is 9.55. The van der Waals surface area contributed by atoms with Crippen LogP contribution in [0.3, 0.4) is 0 Å². The lowest BCUT2D eigenvalue weighted by Gasteiger charge is -2.11. The van der Waals surface area contributed by atoms with Gasteiger partial charge in [-0.3, -0.25) is 0 Å². The lowest BCUT2D eigenvalue weighted by molar-refractivity contribution is 0.414. The van der Waals surface area contributed by atoms with Gasteiger partial charge in [-0.25, -0.2) is 15.0 Å². The Hall–Kier alpha value is -3.82. The van der Waals surface area contributed by atoms with Crippen LogP contribution in [-0.2, 0) is 6.54 Å². The number of benzene rings is 2. The number of hydrogen-bond donors (Lipinski definition) is 2. The quantitative estimate of drug-likeness (QED) is 0.430. The molecule has 0 aliphatic rings. The molecule has 0 saturated heterocycles. The molecular formula is C23H18ClN5O. The average molecular weight is 416 g/mol. The fraction of sp³-hybridized carbons (Fsp3) is 0.0870. The van der Waals surface area contributed by atoms with Crippen molar-refractivity contribution in [1.82, 2.24) is 15.0 Å². The number of terminal acetylenes is 1. The van der Waals surface area contributed by atoms with Crippen molar-refractivity contribution in [2.75, 3.05) is 17.7 Å². The van der Waals surface area contributed by atoms with Crippen LogP contribution in [0.4, 0.5) is 17.3 Å². The minimum Gasteiger partial charge on any atom is -0.497 e. The summed E-state index contributed by atoms with van der Waals surface area (Å²) in [6.45, 7) is 0.627. The number of pyridine rings is 1. The number of fused-ring (bicyclic) bond motifs is 1. The number of nitrogens with zero attached hydrogens (tertiary/aromatic N) is 3. The van der Waals surface area contributed by atoms with Crippen LogP contribution in [0.2, 0.25) is 5.02 Å². The Morgan fingerprint density at radius 2 is 1.90 bits per heavy atom. The maximum atomic E-state index is 6.10. The van der Waals surface area contributed by atoms with Crippen LogP contribution in [0.5, 0.6) is 5.75 Å². The SMILES string of the molecule is C#Cc1cc(Nc2ncnc3cnc(NCc4ccc(OC)cc4)cc23)ccc1Cl. The molecule has 2 N–H and O–H groups in total. The van der Waals surface area contributed by atoms with Crippen molar-refractivity contribution in [3.63, 3.8) is 0 Å². The first-order chi connectivity index (χ1) is 14.7. The minimum atomic E-state index is 0.532. The van der Waals surface area contributed by atoms with E-state index in [9.17, 15) is 0 Å². The van der Waals surface area contributed by atoms with Crippen molar-refractivity contribution >= 4 is 39.8 Å². The van der Waals surface area contributed by atoms with Gasteiger partial charge in [-0.1, -0.05) is 29.7 Å². The summed E-state index contributed by atoms with van der Waals surface area (Å²) in [4.78, 5) is 13.1. The lowest BCUT2D eigenvalue weighted by Crippen LogP contribution is -2.02. The van der Waals surface area contributed by atoms with Gasteiger partial charge < -0.3 is 15.4 Å². The largest absolute Gasteiger partial charge is 0.497 e. The lowest BCUT2D eigenvalue weighted by atomic mass is 10.2. The molecule has 0 aliphatic carbocycles. The van der Waals surface area contributed by atoms with E-state index in [1.54, 1.807) is 25.4 Å². The highest BCUT2D eigenvalue weighted by Gasteiger charge is 2.08. The maximum Gasteiger partial charge on any atom is 0.141 e. The summed E-state index contributed by atoms with van der Waals surface area (Å²) >= 11 is 6.10. The van der Waals surface area contributed by atoms with Gasteiger partial charge in [-0.2, -0.15) is 0 Å². The van der Waals surface area contributed by atoms with Gasteiger partial charge >= 0.3 is 0 Å². The van der Waals surface area contributed by atoms with Crippen molar-refractivity contribution in [3.05, 3.63) is 77.2 Å². The van der Waals surface area contributed by atoms with Gasteiger partial charge in [0.05, 0.1) is 23.8 Å². The van der Waals surface area contributed by atoms with Crippen LogP contribution < -0.4 is 15.4 Å². The van der Waals surface area contributed by atoms with E-state index in [1.165, 1.54) is 6.33 Å². The number of hydrogen-bond acceptors (Lipinski definition) is 6. The summed E-state index contributed by atoms with van der Waals surface area (Å²) < 4.78 is 5.19. The van der Waals surface area contributed by atoms with Crippen LogP contribution in [0.1, 0.15) is 11.1 Å². The van der Waals surface area contributed by atoms with Crippen molar-refractivity contribution < 1.29 is 4.74 Å². The molecule has 0 fully saturated rings. The van der Waals surface area contributed by atoms with Gasteiger partial charge in [0.15, 0.2) is 0 Å². The number of aromatic nitrogens is 3. The molecule has 0 spiro atoms. The molecule has 0 unspecified atom stereocenters. The van der Waals surface area contributed by atoms with Gasteiger partial charge in [-0.15, -0.1) is 6.42 Å². The van der Waals surface area contributed by atoms with Crippen LogP contribution in [0.15, 0.2) is 61.1 Å². The van der Waals surface area contributed by atoms with Crippen LogP contribution >= 0.6 is 11.6 Å². The Kier molecular flexibility index (Phi) is 5.64. The highest BCUT2D eigenvalue weighted by Crippen LogP contribution is 2.27. The fourth-order valence-electron chi connectivity index (χ4n) is 2.94. The molecule has 2 aromatic heterocycles. The van der Waals surface area contributed by atoms with E-state index in [0.29, 0.717) is 22.9 Å². The Labute approximate surface area is 179 Å². The predicted octanol–water partition coefficient (Wildman–Crippen LogP) is 5.02. The first-order valence-electron chi connectivity index (χ1n) is 9.17. The fourth-order valence-corrected chi connectivity index (χ4v) is 3.11. The van der Waals surface area contributed by atoms with E-state index < -0.39 is 0 Å². The van der Waals surface area contributed by atoms with Gasteiger partial charge in [0.25, 0.3) is 0 Å². The Morgan fingerprint density at radius 3 is 2.67 bits per heavy atom. The molecule has 0 amide bonds. The molecule has 6 nitrogen and oxygen atoms in total. The van der Waals surface area contributed by atoms with E-state index in [1.807, 2.05) is 36.4 Å². The van der Waals surface area contributed by atoms with Crippen LogP contribution in [-0.4, -0.2) is 22.1 Å². The Bertz CT molecular complexity index is 1230. The van der Waals surface area contributed by atoms with Crippen molar-refractivity contribution in [1.29, 1.82) is 0 Å². The zero-order chi connectivity index (χ0) is 20.9. The summed E-state index contributed by atoms with van der Waals surface area (Å²) in [5, 5.41) is 7.98. The number of rotatable bonds is 6. The second-order valence-corrected chi connectivity index (χ2v) is 6.88. The van der Waals surface area contributed by atoms with Crippen LogP contribution in [0.25, 0.3) is 10.9 Å². The monoisotopic (exact) mass is 415 g/mol. The molecule has 0 radical (unpaired) electrons. The molecule has 0 bridgehead atoms. The summed E-state index contributed by atoms with van der Waals surface area (Å²) in [5.74, 6) is 4.77. The second-order valence-electron chi connectivity index (χ2n) is 6.47. The third-order valence-electron chi connectivity index (χ3n) is 4.54. The molecule has 30 heavy (non-hydrogen) atoms. The van der Waals surface area contributed by atoms with E-state index in [0.717, 1.165) is 33.7 Å². The zero-order valence-electron chi connectivity index (χ0n) is 16.2. The molecule has 7 heteroatoms. The van der Waals surface area contributed by atoms with E-state index in [-0.39, 0.29) is 0 Å².